The van der Waals surface area contributed by atoms with Gasteiger partial charge in [-0.3, -0.25) is 4.90 Å². The quantitative estimate of drug-likeness (QED) is 0.662. The van der Waals surface area contributed by atoms with E-state index in [9.17, 15) is 9.90 Å². The van der Waals surface area contributed by atoms with Gasteiger partial charge in [0.25, 0.3) is 0 Å². The van der Waals surface area contributed by atoms with Crippen LogP contribution >= 0.6 is 0 Å². The molecule has 1 saturated heterocycles. The normalized spacial score (nSPS) is 19.8. The van der Waals surface area contributed by atoms with Crippen LogP contribution in [0.25, 0.3) is 22.3 Å². The van der Waals surface area contributed by atoms with E-state index < -0.39 is 5.60 Å². The molecule has 8 nitrogen and oxygen atoms in total. The number of hydrogen-bond acceptors (Lipinski definition) is 6. The highest BCUT2D eigenvalue weighted by Gasteiger charge is 2.37. The third kappa shape index (κ3) is 3.95. The molecule has 0 spiro atoms. The first-order valence-corrected chi connectivity index (χ1v) is 9.99. The van der Waals surface area contributed by atoms with Crippen LogP contribution in [0.2, 0.25) is 0 Å². The van der Waals surface area contributed by atoms with Gasteiger partial charge in [0.15, 0.2) is 5.65 Å². The van der Waals surface area contributed by atoms with E-state index in [1.807, 2.05) is 45.9 Å². The number of carbonyl (C=O) groups is 1. The number of para-hydroxylation sites is 1. The zero-order valence-electron chi connectivity index (χ0n) is 17.5. The van der Waals surface area contributed by atoms with Crippen LogP contribution < -0.4 is 0 Å². The van der Waals surface area contributed by atoms with Gasteiger partial charge >= 0.3 is 6.09 Å². The fourth-order valence-electron chi connectivity index (χ4n) is 3.70. The summed E-state index contributed by atoms with van der Waals surface area (Å²) in [5.41, 5.74) is 2.00. The second-order valence-corrected chi connectivity index (χ2v) is 8.47. The number of ether oxygens (including phenoxy) is 2. The Hall–Kier alpha value is -3.13. The van der Waals surface area contributed by atoms with E-state index in [0.717, 1.165) is 11.1 Å². The standard InChI is InChI=1S/C22H26N4O4/c1-13-19(26(9-10-29-13)21(28)30-22(2,3)4)17-12-14-11-16(24-25-20(14)23-17)15-7-5-6-8-18(15)27/h5-8,11-13,19,27H,9-10H2,1-4H3,(H,23,25)/t13-,19?/m0/s1. The average molecular weight is 410 g/mol. The van der Waals surface area contributed by atoms with Crippen molar-refractivity contribution in [2.75, 3.05) is 13.2 Å². The Morgan fingerprint density at radius 1 is 1.27 bits per heavy atom. The summed E-state index contributed by atoms with van der Waals surface area (Å²) in [4.78, 5) is 17.8. The maximum absolute atomic E-state index is 12.8. The van der Waals surface area contributed by atoms with Crippen LogP contribution in [0, 0.1) is 0 Å². The molecule has 1 aliphatic rings. The SMILES string of the molecule is C[C@@H]1OCCN(C(=O)OC(C)(C)C)C1c1cc2cc(-c3ccccc3O)nnc2[nH]1. The number of fused-ring (bicyclic) bond motifs is 1. The molecule has 0 bridgehead atoms. The molecule has 30 heavy (non-hydrogen) atoms. The van der Waals surface area contributed by atoms with E-state index in [2.05, 4.69) is 15.2 Å². The molecule has 1 unspecified atom stereocenters. The molecule has 1 amide bonds. The molecule has 1 aliphatic heterocycles. The maximum Gasteiger partial charge on any atom is 0.411 e. The maximum atomic E-state index is 12.8. The lowest BCUT2D eigenvalue weighted by atomic mass is 10.0. The summed E-state index contributed by atoms with van der Waals surface area (Å²) in [6, 6.07) is 10.5. The second-order valence-electron chi connectivity index (χ2n) is 8.47. The summed E-state index contributed by atoms with van der Waals surface area (Å²) in [6.45, 7) is 8.38. The van der Waals surface area contributed by atoms with Crippen LogP contribution in [0.5, 0.6) is 5.75 Å². The van der Waals surface area contributed by atoms with Gasteiger partial charge in [-0.05, 0) is 52.0 Å². The summed E-state index contributed by atoms with van der Waals surface area (Å²) in [5.74, 6) is 0.146. The predicted molar refractivity (Wildman–Crippen MR) is 112 cm³/mol. The van der Waals surface area contributed by atoms with E-state index >= 15 is 0 Å². The number of phenols is 1. The molecule has 2 atom stereocenters. The molecule has 0 aliphatic carbocycles. The number of phenolic OH excluding ortho intramolecular Hbond substituents is 1. The lowest BCUT2D eigenvalue weighted by molar-refractivity contribution is -0.0708. The molecular weight excluding hydrogens is 384 g/mol. The highest BCUT2D eigenvalue weighted by Crippen LogP contribution is 2.33. The van der Waals surface area contributed by atoms with Crippen LogP contribution in [0.3, 0.4) is 0 Å². The fraction of sp³-hybridized carbons (Fsp3) is 0.409. The minimum atomic E-state index is -0.582. The summed E-state index contributed by atoms with van der Waals surface area (Å²) < 4.78 is 11.4. The van der Waals surface area contributed by atoms with Gasteiger partial charge in [-0.15, -0.1) is 10.2 Å². The first kappa shape index (κ1) is 20.2. The second kappa shape index (κ2) is 7.60. The third-order valence-electron chi connectivity index (χ3n) is 5.02. The van der Waals surface area contributed by atoms with E-state index in [1.165, 1.54) is 0 Å². The van der Waals surface area contributed by atoms with Gasteiger partial charge in [0.2, 0.25) is 0 Å². The van der Waals surface area contributed by atoms with Crippen molar-refractivity contribution in [2.45, 2.75) is 45.4 Å². The van der Waals surface area contributed by atoms with E-state index in [0.29, 0.717) is 30.1 Å². The van der Waals surface area contributed by atoms with Crippen molar-refractivity contribution in [3.8, 4) is 17.0 Å². The Morgan fingerprint density at radius 3 is 2.77 bits per heavy atom. The Kier molecular flexibility index (Phi) is 5.11. The highest BCUT2D eigenvalue weighted by atomic mass is 16.6. The molecule has 4 rings (SSSR count). The minimum Gasteiger partial charge on any atom is -0.507 e. The molecular formula is C22H26N4O4. The van der Waals surface area contributed by atoms with Crippen LogP contribution in [0.1, 0.15) is 39.4 Å². The number of aromatic amines is 1. The molecule has 2 aromatic heterocycles. The van der Waals surface area contributed by atoms with Crippen molar-refractivity contribution in [3.63, 3.8) is 0 Å². The number of hydrogen-bond donors (Lipinski definition) is 2. The molecule has 3 aromatic rings. The number of nitrogens with one attached hydrogen (secondary N) is 1. The minimum absolute atomic E-state index is 0.146. The molecule has 0 saturated carbocycles. The van der Waals surface area contributed by atoms with Crippen molar-refractivity contribution in [1.29, 1.82) is 0 Å². The first-order valence-electron chi connectivity index (χ1n) is 9.99. The van der Waals surface area contributed by atoms with Gasteiger partial charge in [0.05, 0.1) is 18.4 Å². The Labute approximate surface area is 174 Å². The Bertz CT molecular complexity index is 1070. The van der Waals surface area contributed by atoms with Gasteiger partial charge in [0.1, 0.15) is 17.4 Å². The number of benzene rings is 1. The third-order valence-corrected chi connectivity index (χ3v) is 5.02. The Balaban J connectivity index is 1.70. The van der Waals surface area contributed by atoms with Gasteiger partial charge in [-0.25, -0.2) is 4.79 Å². The summed E-state index contributed by atoms with van der Waals surface area (Å²) in [5, 5.41) is 19.5. The first-order chi connectivity index (χ1) is 14.2. The molecule has 0 radical (unpaired) electrons. The monoisotopic (exact) mass is 410 g/mol. The van der Waals surface area contributed by atoms with Crippen molar-refractivity contribution in [1.82, 2.24) is 20.1 Å². The Morgan fingerprint density at radius 2 is 2.03 bits per heavy atom. The van der Waals surface area contributed by atoms with Gasteiger partial charge in [-0.2, -0.15) is 0 Å². The van der Waals surface area contributed by atoms with Crippen LogP contribution in [0.4, 0.5) is 4.79 Å². The molecule has 2 N–H and O–H groups in total. The van der Waals surface area contributed by atoms with E-state index in [1.54, 1.807) is 23.1 Å². The molecule has 1 aromatic carbocycles. The van der Waals surface area contributed by atoms with Gasteiger partial charge in [-0.1, -0.05) is 12.1 Å². The zero-order valence-corrected chi connectivity index (χ0v) is 17.5. The zero-order chi connectivity index (χ0) is 21.5. The van der Waals surface area contributed by atoms with Crippen LogP contribution in [0.15, 0.2) is 36.4 Å². The number of carbonyl (C=O) groups excluding carboxylic acids is 1. The highest BCUT2D eigenvalue weighted by molar-refractivity contribution is 5.82. The molecule has 8 heteroatoms. The van der Waals surface area contributed by atoms with Gasteiger partial charge in [0, 0.05) is 23.2 Å². The number of aromatic hydroxyl groups is 1. The van der Waals surface area contributed by atoms with Crippen molar-refractivity contribution >= 4 is 17.1 Å². The lowest BCUT2D eigenvalue weighted by Gasteiger charge is -2.39. The predicted octanol–water partition coefficient (Wildman–Crippen LogP) is 4.03. The van der Waals surface area contributed by atoms with E-state index in [4.69, 9.17) is 9.47 Å². The topological polar surface area (TPSA) is 101 Å². The van der Waals surface area contributed by atoms with Crippen LogP contribution in [-0.4, -0.2) is 56.1 Å². The fourth-order valence-corrected chi connectivity index (χ4v) is 3.70. The number of nitrogens with zero attached hydrogens (tertiary/aromatic N) is 3. The smallest absolute Gasteiger partial charge is 0.411 e. The number of amides is 1. The molecule has 3 heterocycles. The summed E-state index contributed by atoms with van der Waals surface area (Å²) in [7, 11) is 0. The van der Waals surface area contributed by atoms with Gasteiger partial charge < -0.3 is 19.6 Å². The number of H-pyrrole nitrogens is 1. The average Bonchev–Trinajstić information content (AvgIpc) is 3.09. The lowest BCUT2D eigenvalue weighted by Crippen LogP contribution is -2.49. The van der Waals surface area contributed by atoms with Crippen molar-refractivity contribution in [2.24, 2.45) is 0 Å². The van der Waals surface area contributed by atoms with Crippen molar-refractivity contribution in [3.05, 3.63) is 42.1 Å². The summed E-state index contributed by atoms with van der Waals surface area (Å²) in [6.07, 6.45) is -0.591. The number of rotatable bonds is 2. The van der Waals surface area contributed by atoms with Crippen molar-refractivity contribution < 1.29 is 19.4 Å². The molecule has 1 fully saturated rings. The number of morpholine rings is 1. The molecule has 158 valence electrons. The van der Waals surface area contributed by atoms with E-state index in [-0.39, 0.29) is 24.0 Å². The summed E-state index contributed by atoms with van der Waals surface area (Å²) >= 11 is 0. The largest absolute Gasteiger partial charge is 0.507 e. The van der Waals surface area contributed by atoms with Crippen LogP contribution in [-0.2, 0) is 9.47 Å². The number of aromatic nitrogens is 3.